The lowest BCUT2D eigenvalue weighted by molar-refractivity contribution is 0.0604. The van der Waals surface area contributed by atoms with Crippen LogP contribution in [0.1, 0.15) is 43.0 Å². The van der Waals surface area contributed by atoms with Crippen LogP contribution in [0.25, 0.3) is 0 Å². The number of carbonyl (C=O) groups excluding carboxylic acids is 1. The van der Waals surface area contributed by atoms with E-state index < -0.39 is 0 Å². The van der Waals surface area contributed by atoms with E-state index >= 15 is 0 Å². The number of nitrogens with zero attached hydrogens (tertiary/aromatic N) is 1. The molecular formula is C14H19NOS. The smallest absolute Gasteiger partial charge is 0.255 e. The number of amides is 1. The molecule has 92 valence electrons. The third kappa shape index (κ3) is 2.65. The molecule has 1 fully saturated rings. The van der Waals surface area contributed by atoms with Crippen molar-refractivity contribution in [3.8, 4) is 0 Å². The van der Waals surface area contributed by atoms with Gasteiger partial charge in [0, 0.05) is 17.5 Å². The largest absolute Gasteiger partial charge is 0.336 e. The fourth-order valence-electron chi connectivity index (χ4n) is 2.50. The van der Waals surface area contributed by atoms with Crippen LogP contribution < -0.4 is 0 Å². The Morgan fingerprint density at radius 3 is 2.88 bits per heavy atom. The molecule has 1 aromatic rings. The number of likely N-dealkylation sites (tertiary alicyclic amines) is 1. The van der Waals surface area contributed by atoms with Crippen molar-refractivity contribution in [1.82, 2.24) is 4.90 Å². The number of hydrogen-bond donors (Lipinski definition) is 1. The van der Waals surface area contributed by atoms with Crippen molar-refractivity contribution in [2.24, 2.45) is 0 Å². The Bertz CT molecular complexity index is 405. The second-order valence-corrected chi connectivity index (χ2v) is 5.06. The molecule has 0 aromatic heterocycles. The fraction of sp³-hybridized carbons (Fsp3) is 0.500. The molecule has 0 N–H and O–H groups in total. The normalized spacial score (nSPS) is 20.4. The summed E-state index contributed by atoms with van der Waals surface area (Å²) in [6.07, 6.45) is 4.54. The van der Waals surface area contributed by atoms with E-state index in [1.807, 2.05) is 29.2 Å². The lowest BCUT2D eigenvalue weighted by atomic mass is 9.99. The molecule has 1 aliphatic heterocycles. The Kier molecular flexibility index (Phi) is 4.11. The van der Waals surface area contributed by atoms with Crippen molar-refractivity contribution < 1.29 is 4.79 Å². The summed E-state index contributed by atoms with van der Waals surface area (Å²) in [5.74, 6) is 0.141. The van der Waals surface area contributed by atoms with Crippen molar-refractivity contribution in [2.45, 2.75) is 43.5 Å². The van der Waals surface area contributed by atoms with E-state index in [9.17, 15) is 4.79 Å². The Labute approximate surface area is 108 Å². The van der Waals surface area contributed by atoms with E-state index in [1.54, 1.807) is 0 Å². The standard InChI is InChI=1S/C14H19NOS/c1-2-11-7-5-6-10-15(11)14(16)12-8-3-4-9-13(12)17/h3-4,8-9,11,17H,2,5-7,10H2,1H3. The van der Waals surface area contributed by atoms with Crippen LogP contribution in [-0.2, 0) is 0 Å². The van der Waals surface area contributed by atoms with E-state index in [0.29, 0.717) is 6.04 Å². The van der Waals surface area contributed by atoms with Gasteiger partial charge in [-0.05, 0) is 37.8 Å². The summed E-state index contributed by atoms with van der Waals surface area (Å²) in [7, 11) is 0. The maximum absolute atomic E-state index is 12.5. The summed E-state index contributed by atoms with van der Waals surface area (Å²) in [5.41, 5.74) is 0.733. The van der Waals surface area contributed by atoms with Crippen molar-refractivity contribution >= 4 is 18.5 Å². The van der Waals surface area contributed by atoms with Gasteiger partial charge >= 0.3 is 0 Å². The minimum atomic E-state index is 0.141. The zero-order valence-corrected chi connectivity index (χ0v) is 11.1. The molecule has 0 bridgehead atoms. The van der Waals surface area contributed by atoms with Crippen LogP contribution in [0.4, 0.5) is 0 Å². The minimum Gasteiger partial charge on any atom is -0.336 e. The van der Waals surface area contributed by atoms with Crippen LogP contribution >= 0.6 is 12.6 Å². The maximum Gasteiger partial charge on any atom is 0.255 e. The lowest BCUT2D eigenvalue weighted by Gasteiger charge is -2.35. The van der Waals surface area contributed by atoms with Gasteiger partial charge in [0.1, 0.15) is 0 Å². The zero-order valence-electron chi connectivity index (χ0n) is 10.2. The second kappa shape index (κ2) is 5.58. The van der Waals surface area contributed by atoms with Crippen LogP contribution in [0.2, 0.25) is 0 Å². The lowest BCUT2D eigenvalue weighted by Crippen LogP contribution is -2.43. The van der Waals surface area contributed by atoms with Crippen LogP contribution in [-0.4, -0.2) is 23.4 Å². The summed E-state index contributed by atoms with van der Waals surface area (Å²) < 4.78 is 0. The highest BCUT2D eigenvalue weighted by molar-refractivity contribution is 7.80. The van der Waals surface area contributed by atoms with Crippen molar-refractivity contribution in [1.29, 1.82) is 0 Å². The van der Waals surface area contributed by atoms with E-state index in [4.69, 9.17) is 0 Å². The van der Waals surface area contributed by atoms with Gasteiger partial charge in [-0.3, -0.25) is 4.79 Å². The molecule has 17 heavy (non-hydrogen) atoms. The molecule has 1 unspecified atom stereocenters. The first-order valence-corrected chi connectivity index (χ1v) is 6.77. The monoisotopic (exact) mass is 249 g/mol. The molecule has 0 aliphatic carbocycles. The molecule has 0 saturated carbocycles. The molecule has 1 aliphatic rings. The van der Waals surface area contributed by atoms with Gasteiger partial charge in [0.15, 0.2) is 0 Å². The zero-order chi connectivity index (χ0) is 12.3. The van der Waals surface area contributed by atoms with Gasteiger partial charge in [0.05, 0.1) is 5.56 Å². The number of hydrogen-bond acceptors (Lipinski definition) is 2. The van der Waals surface area contributed by atoms with E-state index in [2.05, 4.69) is 19.6 Å². The average Bonchev–Trinajstić information content (AvgIpc) is 2.38. The summed E-state index contributed by atoms with van der Waals surface area (Å²) in [4.78, 5) is 15.3. The van der Waals surface area contributed by atoms with Crippen molar-refractivity contribution in [3.63, 3.8) is 0 Å². The fourth-order valence-corrected chi connectivity index (χ4v) is 2.76. The minimum absolute atomic E-state index is 0.141. The molecule has 2 rings (SSSR count). The Balaban J connectivity index is 2.21. The second-order valence-electron chi connectivity index (χ2n) is 4.57. The van der Waals surface area contributed by atoms with Gasteiger partial charge in [-0.1, -0.05) is 19.1 Å². The van der Waals surface area contributed by atoms with E-state index in [0.717, 1.165) is 36.3 Å². The topological polar surface area (TPSA) is 20.3 Å². The molecule has 1 amide bonds. The Morgan fingerprint density at radius 1 is 1.41 bits per heavy atom. The van der Waals surface area contributed by atoms with Gasteiger partial charge in [-0.2, -0.15) is 0 Å². The predicted molar refractivity (Wildman–Crippen MR) is 72.7 cm³/mol. The summed E-state index contributed by atoms with van der Waals surface area (Å²) in [6, 6.07) is 7.96. The first-order valence-electron chi connectivity index (χ1n) is 6.33. The summed E-state index contributed by atoms with van der Waals surface area (Å²) >= 11 is 4.37. The Morgan fingerprint density at radius 2 is 2.18 bits per heavy atom. The number of benzene rings is 1. The van der Waals surface area contributed by atoms with Gasteiger partial charge in [-0.15, -0.1) is 12.6 Å². The molecule has 0 radical (unpaired) electrons. The van der Waals surface area contributed by atoms with Crippen LogP contribution in [0, 0.1) is 0 Å². The SMILES string of the molecule is CCC1CCCCN1C(=O)c1ccccc1S. The molecule has 0 spiro atoms. The molecule has 1 atom stereocenters. The molecule has 2 nitrogen and oxygen atoms in total. The maximum atomic E-state index is 12.5. The molecular weight excluding hydrogens is 230 g/mol. The third-order valence-corrected chi connectivity index (χ3v) is 3.88. The highest BCUT2D eigenvalue weighted by Gasteiger charge is 2.26. The van der Waals surface area contributed by atoms with E-state index in [1.165, 1.54) is 6.42 Å². The molecule has 1 saturated heterocycles. The van der Waals surface area contributed by atoms with Crippen LogP contribution in [0.5, 0.6) is 0 Å². The molecule has 1 aromatic carbocycles. The van der Waals surface area contributed by atoms with Gasteiger partial charge in [0.2, 0.25) is 0 Å². The first kappa shape index (κ1) is 12.5. The third-order valence-electron chi connectivity index (χ3n) is 3.49. The average molecular weight is 249 g/mol. The molecule has 1 heterocycles. The predicted octanol–water partition coefficient (Wildman–Crippen LogP) is 3.38. The van der Waals surface area contributed by atoms with Crippen LogP contribution in [0.15, 0.2) is 29.2 Å². The van der Waals surface area contributed by atoms with Crippen molar-refractivity contribution in [3.05, 3.63) is 29.8 Å². The number of thiol groups is 1. The highest BCUT2D eigenvalue weighted by Crippen LogP contribution is 2.23. The summed E-state index contributed by atoms with van der Waals surface area (Å²) in [5, 5.41) is 0. The number of piperidine rings is 1. The number of carbonyl (C=O) groups is 1. The van der Waals surface area contributed by atoms with Gasteiger partial charge in [0.25, 0.3) is 5.91 Å². The number of rotatable bonds is 2. The first-order chi connectivity index (χ1) is 8.24. The van der Waals surface area contributed by atoms with Crippen molar-refractivity contribution in [2.75, 3.05) is 6.54 Å². The van der Waals surface area contributed by atoms with Gasteiger partial charge in [-0.25, -0.2) is 0 Å². The van der Waals surface area contributed by atoms with Crippen LogP contribution in [0.3, 0.4) is 0 Å². The Hall–Kier alpha value is -0.960. The highest BCUT2D eigenvalue weighted by atomic mass is 32.1. The van der Waals surface area contributed by atoms with Gasteiger partial charge < -0.3 is 4.90 Å². The molecule has 3 heteroatoms. The van der Waals surface area contributed by atoms with E-state index in [-0.39, 0.29) is 5.91 Å². The summed E-state index contributed by atoms with van der Waals surface area (Å²) in [6.45, 7) is 3.04. The quantitative estimate of drug-likeness (QED) is 0.797.